The zero-order chi connectivity index (χ0) is 19.6. The largest absolute Gasteiger partial charge is 0.481 e. The van der Waals surface area contributed by atoms with E-state index in [0.29, 0.717) is 0 Å². The summed E-state index contributed by atoms with van der Waals surface area (Å²) in [5.41, 5.74) is 0. The fourth-order valence-corrected chi connectivity index (χ4v) is 2.19. The van der Waals surface area contributed by atoms with Crippen molar-refractivity contribution in [3.63, 3.8) is 0 Å². The van der Waals surface area contributed by atoms with E-state index in [1.165, 1.54) is 4.90 Å². The van der Waals surface area contributed by atoms with Crippen molar-refractivity contribution in [2.75, 3.05) is 19.6 Å². The minimum absolute atomic E-state index is 0.0735. The summed E-state index contributed by atoms with van der Waals surface area (Å²) in [7, 11) is 0. The number of aliphatic carboxylic acids is 5. The molecule has 0 aliphatic heterocycles. The van der Waals surface area contributed by atoms with Gasteiger partial charge in [-0.25, -0.2) is 0 Å². The summed E-state index contributed by atoms with van der Waals surface area (Å²) in [5.74, 6) is -8.89. The van der Waals surface area contributed by atoms with Crippen LogP contribution in [0.2, 0.25) is 0 Å². The van der Waals surface area contributed by atoms with E-state index in [4.69, 9.17) is 25.5 Å². The van der Waals surface area contributed by atoms with Crippen LogP contribution in [0.5, 0.6) is 0 Å². The molecule has 0 bridgehead atoms. The summed E-state index contributed by atoms with van der Waals surface area (Å²) in [5, 5.41) is 44.1. The lowest BCUT2D eigenvalue weighted by Gasteiger charge is -2.23. The molecule has 0 radical (unpaired) electrons. The average Bonchev–Trinajstić information content (AvgIpc) is 2.45. The highest BCUT2D eigenvalue weighted by atomic mass is 16.4. The highest BCUT2D eigenvalue weighted by Gasteiger charge is 2.25. The van der Waals surface area contributed by atoms with Crippen molar-refractivity contribution >= 4 is 29.8 Å². The fourth-order valence-electron chi connectivity index (χ4n) is 2.19. The van der Waals surface area contributed by atoms with E-state index in [2.05, 4.69) is 0 Å². The van der Waals surface area contributed by atoms with Crippen molar-refractivity contribution in [1.29, 1.82) is 0 Å². The molecule has 25 heavy (non-hydrogen) atoms. The van der Waals surface area contributed by atoms with E-state index in [-0.39, 0.29) is 25.9 Å². The van der Waals surface area contributed by atoms with Gasteiger partial charge >= 0.3 is 29.8 Å². The number of hydrogen-bond acceptors (Lipinski definition) is 6. The maximum atomic E-state index is 11.0. The van der Waals surface area contributed by atoms with Crippen LogP contribution in [0.4, 0.5) is 0 Å². The van der Waals surface area contributed by atoms with Crippen LogP contribution in [0.15, 0.2) is 0 Å². The van der Waals surface area contributed by atoms with Crippen LogP contribution in [0.3, 0.4) is 0 Å². The van der Waals surface area contributed by atoms with Gasteiger partial charge in [0.2, 0.25) is 0 Å². The van der Waals surface area contributed by atoms with Crippen molar-refractivity contribution in [2.24, 2.45) is 11.8 Å². The van der Waals surface area contributed by atoms with E-state index >= 15 is 0 Å². The van der Waals surface area contributed by atoms with E-state index in [1.54, 1.807) is 0 Å². The van der Waals surface area contributed by atoms with Crippen LogP contribution < -0.4 is 0 Å². The second kappa shape index (κ2) is 11.0. The first kappa shape index (κ1) is 22.3. The molecule has 0 saturated heterocycles. The van der Waals surface area contributed by atoms with Crippen molar-refractivity contribution in [2.45, 2.75) is 25.7 Å². The summed E-state index contributed by atoms with van der Waals surface area (Å²) < 4.78 is 0. The Morgan fingerprint density at radius 2 is 1.00 bits per heavy atom. The molecule has 2 atom stereocenters. The Balaban J connectivity index is 4.79. The molecule has 5 N–H and O–H groups in total. The maximum Gasteiger partial charge on any atom is 0.317 e. The first-order valence-corrected chi connectivity index (χ1v) is 7.36. The molecule has 0 aromatic heterocycles. The molecule has 11 heteroatoms. The lowest BCUT2D eigenvalue weighted by Crippen LogP contribution is -2.35. The van der Waals surface area contributed by atoms with Gasteiger partial charge in [0.15, 0.2) is 0 Å². The highest BCUT2D eigenvalue weighted by molar-refractivity contribution is 5.78. The molecule has 0 spiro atoms. The second-order valence-corrected chi connectivity index (χ2v) is 5.51. The second-order valence-electron chi connectivity index (χ2n) is 5.51. The molecule has 0 aliphatic carbocycles. The van der Waals surface area contributed by atoms with Crippen molar-refractivity contribution in [3.05, 3.63) is 0 Å². The fraction of sp³-hybridized carbons (Fsp3) is 0.643. The van der Waals surface area contributed by atoms with Gasteiger partial charge in [-0.1, -0.05) is 0 Å². The summed E-state index contributed by atoms with van der Waals surface area (Å²) in [6.07, 6.45) is -1.50. The molecule has 0 aromatic carbocycles. The van der Waals surface area contributed by atoms with Crippen LogP contribution in [0.25, 0.3) is 0 Å². The Hall–Kier alpha value is -2.69. The van der Waals surface area contributed by atoms with E-state index in [1.807, 2.05) is 0 Å². The normalized spacial score (nSPS) is 13.2. The summed E-state index contributed by atoms with van der Waals surface area (Å²) in [4.78, 5) is 55.4. The van der Waals surface area contributed by atoms with E-state index in [9.17, 15) is 24.0 Å². The molecular weight excluding hydrogens is 342 g/mol. The predicted molar refractivity (Wildman–Crippen MR) is 80.1 cm³/mol. The first-order valence-electron chi connectivity index (χ1n) is 7.36. The Labute approximate surface area is 142 Å². The number of hydrogen-bond donors (Lipinski definition) is 5. The van der Waals surface area contributed by atoms with Crippen molar-refractivity contribution < 1.29 is 49.5 Å². The van der Waals surface area contributed by atoms with Gasteiger partial charge in [-0.3, -0.25) is 28.9 Å². The quantitative estimate of drug-likeness (QED) is 0.267. The van der Waals surface area contributed by atoms with Crippen LogP contribution in [-0.2, 0) is 24.0 Å². The molecule has 0 rings (SSSR count). The molecule has 0 heterocycles. The van der Waals surface area contributed by atoms with Gasteiger partial charge in [0.25, 0.3) is 0 Å². The van der Waals surface area contributed by atoms with E-state index in [0.717, 1.165) is 0 Å². The number of carboxylic acids is 5. The summed E-state index contributed by atoms with van der Waals surface area (Å²) in [6, 6.07) is 0. The third-order valence-corrected chi connectivity index (χ3v) is 3.49. The molecule has 0 saturated carbocycles. The summed E-state index contributed by atoms with van der Waals surface area (Å²) in [6.45, 7) is -0.648. The molecule has 2 unspecified atom stereocenters. The molecule has 11 nitrogen and oxygen atoms in total. The third kappa shape index (κ3) is 10.7. The van der Waals surface area contributed by atoms with Gasteiger partial charge < -0.3 is 25.5 Å². The SMILES string of the molecule is O=C(O)CC(CCN(CCC(CC(=O)O)C(=O)O)CC(=O)O)C(=O)O. The molecule has 142 valence electrons. The molecule has 0 fully saturated rings. The van der Waals surface area contributed by atoms with Crippen LogP contribution in [0.1, 0.15) is 25.7 Å². The first-order chi connectivity index (χ1) is 11.5. The smallest absolute Gasteiger partial charge is 0.317 e. The Kier molecular flexibility index (Phi) is 9.79. The summed E-state index contributed by atoms with van der Waals surface area (Å²) >= 11 is 0. The number of nitrogens with zero attached hydrogens (tertiary/aromatic N) is 1. The maximum absolute atomic E-state index is 11.0. The standard InChI is InChI=1S/C14H21NO10/c16-10(17)5-8(13(22)23)1-3-15(7-12(20)21)4-2-9(14(24)25)6-11(18)19/h8-9H,1-7H2,(H,16,17)(H,18,19)(H,20,21)(H,22,23)(H,24,25). The average molecular weight is 363 g/mol. The molecular formula is C14H21NO10. The van der Waals surface area contributed by atoms with Crippen LogP contribution in [0, 0.1) is 11.8 Å². The Morgan fingerprint density at radius 1 is 0.640 bits per heavy atom. The van der Waals surface area contributed by atoms with Gasteiger partial charge in [-0.05, 0) is 25.9 Å². The van der Waals surface area contributed by atoms with Gasteiger partial charge in [0, 0.05) is 0 Å². The lowest BCUT2D eigenvalue weighted by molar-refractivity contribution is -0.149. The van der Waals surface area contributed by atoms with Crippen molar-refractivity contribution in [3.8, 4) is 0 Å². The Morgan fingerprint density at radius 3 is 1.24 bits per heavy atom. The van der Waals surface area contributed by atoms with Crippen LogP contribution >= 0.6 is 0 Å². The minimum atomic E-state index is -1.33. The van der Waals surface area contributed by atoms with Gasteiger partial charge in [-0.2, -0.15) is 0 Å². The molecule has 0 amide bonds. The Bertz CT molecular complexity index is 480. The topological polar surface area (TPSA) is 190 Å². The van der Waals surface area contributed by atoms with Gasteiger partial charge in [0.1, 0.15) is 0 Å². The van der Waals surface area contributed by atoms with Gasteiger partial charge in [-0.15, -0.1) is 0 Å². The lowest BCUT2D eigenvalue weighted by atomic mass is 9.99. The van der Waals surface area contributed by atoms with Crippen molar-refractivity contribution in [1.82, 2.24) is 4.90 Å². The monoisotopic (exact) mass is 363 g/mol. The minimum Gasteiger partial charge on any atom is -0.481 e. The zero-order valence-electron chi connectivity index (χ0n) is 13.3. The number of carbonyl (C=O) groups is 5. The third-order valence-electron chi connectivity index (χ3n) is 3.49. The van der Waals surface area contributed by atoms with Gasteiger partial charge in [0.05, 0.1) is 31.2 Å². The van der Waals surface area contributed by atoms with E-state index < -0.39 is 61.1 Å². The molecule has 0 aromatic rings. The predicted octanol–water partition coefficient (Wildman–Crippen LogP) is -0.496. The highest BCUT2D eigenvalue weighted by Crippen LogP contribution is 2.14. The van der Waals surface area contributed by atoms with Crippen LogP contribution in [-0.4, -0.2) is 79.9 Å². The zero-order valence-corrected chi connectivity index (χ0v) is 13.3. The number of rotatable bonds is 14. The molecule has 0 aliphatic rings. The number of carboxylic acid groups (broad SMARTS) is 5.